The summed E-state index contributed by atoms with van der Waals surface area (Å²) in [7, 11) is 0. The van der Waals surface area contributed by atoms with Gasteiger partial charge in [-0.1, -0.05) is 17.7 Å². The number of pyridine rings is 1. The number of halogens is 1. The van der Waals surface area contributed by atoms with Gasteiger partial charge in [0.2, 0.25) is 0 Å². The predicted octanol–water partition coefficient (Wildman–Crippen LogP) is 2.41. The molecule has 4 nitrogen and oxygen atoms in total. The minimum absolute atomic E-state index is 0.362. The molecule has 5 heteroatoms. The van der Waals surface area contributed by atoms with Crippen molar-refractivity contribution < 1.29 is 0 Å². The van der Waals surface area contributed by atoms with Crippen molar-refractivity contribution in [2.45, 2.75) is 13.8 Å². The van der Waals surface area contributed by atoms with E-state index in [1.807, 2.05) is 19.9 Å². The molecule has 2 aromatic heterocycles. The van der Waals surface area contributed by atoms with Crippen LogP contribution in [-0.2, 0) is 0 Å². The summed E-state index contributed by atoms with van der Waals surface area (Å²) in [5.74, 6) is 0.603. The third-order valence-corrected chi connectivity index (χ3v) is 2.82. The van der Waals surface area contributed by atoms with Gasteiger partial charge in [0.1, 0.15) is 11.8 Å². The van der Waals surface area contributed by atoms with Gasteiger partial charge in [0.05, 0.1) is 16.4 Å². The summed E-state index contributed by atoms with van der Waals surface area (Å²) in [6.07, 6.45) is 0. The normalized spacial score (nSPS) is 10.1. The number of hydrogen-bond donors (Lipinski definition) is 0. The number of nitriles is 1. The molecule has 0 saturated carbocycles. The smallest absolute Gasteiger partial charge is 0.155 e. The van der Waals surface area contributed by atoms with Crippen molar-refractivity contribution in [2.24, 2.45) is 0 Å². The number of aryl methyl sites for hydroxylation is 1. The molecular weight excluding hydrogens is 224 g/mol. The highest BCUT2D eigenvalue weighted by molar-refractivity contribution is 6.31. The first-order valence-electron chi connectivity index (χ1n) is 4.72. The van der Waals surface area contributed by atoms with Crippen LogP contribution in [0.25, 0.3) is 5.82 Å². The van der Waals surface area contributed by atoms with Gasteiger partial charge in [0, 0.05) is 0 Å². The fourth-order valence-electron chi connectivity index (χ4n) is 1.45. The van der Waals surface area contributed by atoms with E-state index in [1.165, 1.54) is 0 Å². The molecule has 0 amide bonds. The van der Waals surface area contributed by atoms with Crippen LogP contribution in [0.15, 0.2) is 18.2 Å². The fourth-order valence-corrected chi connectivity index (χ4v) is 1.57. The highest BCUT2D eigenvalue weighted by atomic mass is 35.5. The second-order valence-electron chi connectivity index (χ2n) is 3.39. The lowest BCUT2D eigenvalue weighted by Crippen LogP contribution is -2.02. The van der Waals surface area contributed by atoms with E-state index in [4.69, 9.17) is 16.9 Å². The van der Waals surface area contributed by atoms with Crippen molar-refractivity contribution >= 4 is 11.6 Å². The van der Waals surface area contributed by atoms with Crippen molar-refractivity contribution in [2.75, 3.05) is 0 Å². The zero-order valence-corrected chi connectivity index (χ0v) is 9.65. The van der Waals surface area contributed by atoms with Crippen LogP contribution in [-0.4, -0.2) is 14.8 Å². The Kier molecular flexibility index (Phi) is 2.63. The summed E-state index contributed by atoms with van der Waals surface area (Å²) in [6, 6.07) is 7.20. The second-order valence-corrected chi connectivity index (χ2v) is 3.77. The van der Waals surface area contributed by atoms with Crippen LogP contribution < -0.4 is 0 Å². The first-order valence-corrected chi connectivity index (χ1v) is 5.10. The highest BCUT2D eigenvalue weighted by Gasteiger charge is 2.11. The lowest BCUT2D eigenvalue weighted by atomic mass is 10.3. The van der Waals surface area contributed by atoms with Crippen LogP contribution >= 0.6 is 11.6 Å². The fraction of sp³-hybridized carbons (Fsp3) is 0.182. The van der Waals surface area contributed by atoms with E-state index < -0.39 is 0 Å². The molecule has 16 heavy (non-hydrogen) atoms. The van der Waals surface area contributed by atoms with Crippen LogP contribution in [0.3, 0.4) is 0 Å². The van der Waals surface area contributed by atoms with E-state index in [9.17, 15) is 0 Å². The maximum atomic E-state index is 8.77. The Bertz CT molecular complexity index is 580. The van der Waals surface area contributed by atoms with Gasteiger partial charge < -0.3 is 0 Å². The first-order chi connectivity index (χ1) is 7.63. The minimum atomic E-state index is 0.362. The van der Waals surface area contributed by atoms with Gasteiger partial charge >= 0.3 is 0 Å². The van der Waals surface area contributed by atoms with Crippen molar-refractivity contribution in [1.82, 2.24) is 14.8 Å². The Labute approximate surface area is 98.1 Å². The van der Waals surface area contributed by atoms with Crippen molar-refractivity contribution in [3.63, 3.8) is 0 Å². The Balaban J connectivity index is 2.59. The van der Waals surface area contributed by atoms with Crippen LogP contribution in [0.1, 0.15) is 17.1 Å². The molecule has 0 fully saturated rings. The zero-order valence-electron chi connectivity index (χ0n) is 8.90. The SMILES string of the molecule is Cc1nn(-c2cccc(C#N)n2)c(C)c1Cl. The molecule has 0 saturated heterocycles. The molecule has 2 heterocycles. The lowest BCUT2D eigenvalue weighted by molar-refractivity contribution is 0.804. The molecule has 2 aromatic rings. The van der Waals surface area contributed by atoms with Crippen LogP contribution in [0.4, 0.5) is 0 Å². The Morgan fingerprint density at radius 3 is 2.69 bits per heavy atom. The molecule has 0 aliphatic heterocycles. The number of rotatable bonds is 1. The number of aromatic nitrogens is 3. The number of nitrogens with zero attached hydrogens (tertiary/aromatic N) is 4. The van der Waals surface area contributed by atoms with Gasteiger partial charge in [0.25, 0.3) is 0 Å². The van der Waals surface area contributed by atoms with Crippen molar-refractivity contribution in [3.05, 3.63) is 40.3 Å². The molecule has 0 aromatic carbocycles. The third-order valence-electron chi connectivity index (χ3n) is 2.27. The molecule has 0 aliphatic rings. The van der Waals surface area contributed by atoms with E-state index in [-0.39, 0.29) is 0 Å². The molecule has 0 spiro atoms. The van der Waals surface area contributed by atoms with Crippen LogP contribution in [0, 0.1) is 25.2 Å². The van der Waals surface area contributed by atoms with E-state index in [0.29, 0.717) is 16.5 Å². The van der Waals surface area contributed by atoms with Crippen molar-refractivity contribution in [1.29, 1.82) is 5.26 Å². The molecule has 0 radical (unpaired) electrons. The quantitative estimate of drug-likeness (QED) is 0.759. The lowest BCUT2D eigenvalue weighted by Gasteiger charge is -2.02. The van der Waals surface area contributed by atoms with Gasteiger partial charge in [0.15, 0.2) is 5.82 Å². The summed E-state index contributed by atoms with van der Waals surface area (Å²) >= 11 is 6.05. The summed E-state index contributed by atoms with van der Waals surface area (Å²) in [4.78, 5) is 4.16. The maximum Gasteiger partial charge on any atom is 0.155 e. The Hall–Kier alpha value is -1.86. The molecule has 0 atom stereocenters. The summed E-state index contributed by atoms with van der Waals surface area (Å²) < 4.78 is 1.64. The Morgan fingerprint density at radius 1 is 1.38 bits per heavy atom. The molecule has 80 valence electrons. The summed E-state index contributed by atoms with van der Waals surface area (Å²) in [5.41, 5.74) is 1.94. The van der Waals surface area contributed by atoms with E-state index >= 15 is 0 Å². The van der Waals surface area contributed by atoms with E-state index in [1.54, 1.807) is 22.9 Å². The van der Waals surface area contributed by atoms with E-state index in [2.05, 4.69) is 10.1 Å². The largest absolute Gasteiger partial charge is 0.218 e. The Morgan fingerprint density at radius 2 is 2.12 bits per heavy atom. The second kappa shape index (κ2) is 3.95. The van der Waals surface area contributed by atoms with Gasteiger partial charge in [-0.3, -0.25) is 0 Å². The standard InChI is InChI=1S/C11H9ClN4/c1-7-11(12)8(2)16(15-7)10-5-3-4-9(6-13)14-10/h3-5H,1-2H3. The molecule has 0 aliphatic carbocycles. The topological polar surface area (TPSA) is 54.5 Å². The zero-order chi connectivity index (χ0) is 11.7. The van der Waals surface area contributed by atoms with Gasteiger partial charge in [-0.15, -0.1) is 0 Å². The monoisotopic (exact) mass is 232 g/mol. The average Bonchev–Trinajstić information content (AvgIpc) is 2.57. The highest BCUT2D eigenvalue weighted by Crippen LogP contribution is 2.21. The predicted molar refractivity (Wildman–Crippen MR) is 60.6 cm³/mol. The molecular formula is C11H9ClN4. The van der Waals surface area contributed by atoms with Crippen molar-refractivity contribution in [3.8, 4) is 11.9 Å². The van der Waals surface area contributed by atoms with Gasteiger partial charge in [-0.05, 0) is 26.0 Å². The molecule has 0 bridgehead atoms. The van der Waals surface area contributed by atoms with E-state index in [0.717, 1.165) is 11.4 Å². The average molecular weight is 233 g/mol. The van der Waals surface area contributed by atoms with Crippen LogP contribution in [0.5, 0.6) is 0 Å². The summed E-state index contributed by atoms with van der Waals surface area (Å²) in [6.45, 7) is 3.70. The van der Waals surface area contributed by atoms with Crippen LogP contribution in [0.2, 0.25) is 5.02 Å². The van der Waals surface area contributed by atoms with Gasteiger partial charge in [-0.2, -0.15) is 10.4 Å². The molecule has 2 rings (SSSR count). The summed E-state index contributed by atoms with van der Waals surface area (Å²) in [5, 5.41) is 13.7. The minimum Gasteiger partial charge on any atom is -0.218 e. The maximum absolute atomic E-state index is 8.77. The third kappa shape index (κ3) is 1.66. The molecule has 0 N–H and O–H groups in total. The number of hydrogen-bond acceptors (Lipinski definition) is 3. The van der Waals surface area contributed by atoms with Gasteiger partial charge in [-0.25, -0.2) is 9.67 Å². The molecule has 0 unspecified atom stereocenters. The first kappa shape index (κ1) is 10.7.